The molecule has 2 N–H and O–H groups in total. The molecule has 3 rings (SSSR count). The van der Waals surface area contributed by atoms with Crippen LogP contribution in [0.4, 0.5) is 5.82 Å². The van der Waals surface area contributed by atoms with E-state index in [4.69, 9.17) is 5.73 Å². The minimum absolute atomic E-state index is 0.0630. The fourth-order valence-electron chi connectivity index (χ4n) is 3.14. The Morgan fingerprint density at radius 1 is 1.33 bits per heavy atom. The maximum absolute atomic E-state index is 12.9. The Labute approximate surface area is 125 Å². The molecular formula is C17H21N3O. The number of para-hydroxylation sites is 1. The maximum Gasteiger partial charge on any atom is 0.254 e. The molecule has 1 aromatic carbocycles. The van der Waals surface area contributed by atoms with Crippen LogP contribution in [0.5, 0.6) is 0 Å². The number of benzene rings is 1. The second-order valence-corrected chi connectivity index (χ2v) is 6.61. The van der Waals surface area contributed by atoms with Crippen LogP contribution in [-0.2, 0) is 0 Å². The molecule has 21 heavy (non-hydrogen) atoms. The second kappa shape index (κ2) is 5.02. The lowest BCUT2D eigenvalue weighted by atomic mass is 9.84. The Kier molecular flexibility index (Phi) is 3.32. The van der Waals surface area contributed by atoms with Gasteiger partial charge in [-0.05, 0) is 30.4 Å². The van der Waals surface area contributed by atoms with Gasteiger partial charge in [-0.2, -0.15) is 0 Å². The average Bonchev–Trinajstić information content (AvgIpc) is 2.44. The Morgan fingerprint density at radius 3 is 2.86 bits per heavy atom. The number of nitrogens with zero attached hydrogens (tertiary/aromatic N) is 2. The number of carbonyl (C=O) groups is 1. The van der Waals surface area contributed by atoms with Crippen LogP contribution in [0.3, 0.4) is 0 Å². The highest BCUT2D eigenvalue weighted by Gasteiger charge is 2.30. The zero-order valence-corrected chi connectivity index (χ0v) is 12.6. The van der Waals surface area contributed by atoms with Crippen LogP contribution in [0.2, 0.25) is 0 Å². The van der Waals surface area contributed by atoms with Crippen LogP contribution in [0.15, 0.2) is 30.3 Å². The Hall–Kier alpha value is -2.10. The molecule has 0 radical (unpaired) electrons. The van der Waals surface area contributed by atoms with Crippen LogP contribution >= 0.6 is 0 Å². The number of piperidine rings is 1. The Balaban J connectivity index is 2.02. The van der Waals surface area contributed by atoms with Crippen LogP contribution in [-0.4, -0.2) is 28.9 Å². The lowest BCUT2D eigenvalue weighted by Crippen LogP contribution is -2.43. The molecule has 0 aliphatic carbocycles. The molecule has 1 fully saturated rings. The molecule has 110 valence electrons. The normalized spacial score (nSPS) is 17.9. The summed E-state index contributed by atoms with van der Waals surface area (Å²) in [7, 11) is 0. The van der Waals surface area contributed by atoms with Crippen LogP contribution in [0.25, 0.3) is 10.9 Å². The Morgan fingerprint density at radius 2 is 2.10 bits per heavy atom. The number of hydrogen-bond donors (Lipinski definition) is 1. The number of likely N-dealkylation sites (tertiary alicyclic amines) is 1. The van der Waals surface area contributed by atoms with Crippen molar-refractivity contribution in [3.63, 3.8) is 0 Å². The first kappa shape index (κ1) is 13.9. The molecule has 1 aliphatic rings. The highest BCUT2D eigenvalue weighted by atomic mass is 16.2. The summed E-state index contributed by atoms with van der Waals surface area (Å²) in [5.41, 5.74) is 7.48. The molecule has 4 heteroatoms. The topological polar surface area (TPSA) is 59.2 Å². The van der Waals surface area contributed by atoms with Gasteiger partial charge in [-0.1, -0.05) is 32.0 Å². The van der Waals surface area contributed by atoms with Gasteiger partial charge in [0.2, 0.25) is 0 Å². The molecule has 0 saturated carbocycles. The maximum atomic E-state index is 12.9. The second-order valence-electron chi connectivity index (χ2n) is 6.61. The van der Waals surface area contributed by atoms with Gasteiger partial charge < -0.3 is 10.6 Å². The molecule has 2 aromatic rings. The summed E-state index contributed by atoms with van der Waals surface area (Å²) in [5, 5.41) is 0.875. The third-order valence-corrected chi connectivity index (χ3v) is 4.15. The lowest BCUT2D eigenvalue weighted by molar-refractivity contribution is 0.0585. The summed E-state index contributed by atoms with van der Waals surface area (Å²) in [6.45, 7) is 6.04. The van der Waals surface area contributed by atoms with E-state index in [2.05, 4.69) is 18.8 Å². The molecule has 0 unspecified atom stereocenters. The van der Waals surface area contributed by atoms with Gasteiger partial charge in [0.05, 0.1) is 11.1 Å². The molecule has 0 atom stereocenters. The van der Waals surface area contributed by atoms with E-state index in [-0.39, 0.29) is 11.3 Å². The van der Waals surface area contributed by atoms with Crippen molar-refractivity contribution in [3.8, 4) is 0 Å². The van der Waals surface area contributed by atoms with E-state index in [0.717, 1.165) is 36.8 Å². The van der Waals surface area contributed by atoms with Crippen molar-refractivity contribution in [3.05, 3.63) is 35.9 Å². The quantitative estimate of drug-likeness (QED) is 0.875. The predicted octanol–water partition coefficient (Wildman–Crippen LogP) is 3.08. The van der Waals surface area contributed by atoms with E-state index < -0.39 is 0 Å². The number of hydrogen-bond acceptors (Lipinski definition) is 3. The standard InChI is InChI=1S/C17H21N3O/c1-17(2)8-5-9-20(11-17)16(21)13-10-15(18)19-14-7-4-3-6-12(13)14/h3-4,6-7,10H,5,8-9,11H2,1-2H3,(H2,18,19). The first-order valence-electron chi connectivity index (χ1n) is 7.41. The number of carbonyl (C=O) groups excluding carboxylic acids is 1. The van der Waals surface area contributed by atoms with E-state index in [1.807, 2.05) is 29.2 Å². The molecule has 4 nitrogen and oxygen atoms in total. The van der Waals surface area contributed by atoms with Gasteiger partial charge in [-0.15, -0.1) is 0 Å². The van der Waals surface area contributed by atoms with Gasteiger partial charge >= 0.3 is 0 Å². The number of pyridine rings is 1. The van der Waals surface area contributed by atoms with Crippen LogP contribution in [0, 0.1) is 5.41 Å². The van der Waals surface area contributed by atoms with E-state index in [9.17, 15) is 4.79 Å². The van der Waals surface area contributed by atoms with Crippen molar-refractivity contribution in [2.75, 3.05) is 18.8 Å². The van der Waals surface area contributed by atoms with Crippen molar-refractivity contribution in [1.29, 1.82) is 0 Å². The van der Waals surface area contributed by atoms with Gasteiger partial charge in [0, 0.05) is 18.5 Å². The average molecular weight is 283 g/mol. The molecule has 1 aromatic heterocycles. The minimum Gasteiger partial charge on any atom is -0.384 e. The number of nitrogens with two attached hydrogens (primary N) is 1. The third-order valence-electron chi connectivity index (χ3n) is 4.15. The van der Waals surface area contributed by atoms with Crippen molar-refractivity contribution in [2.45, 2.75) is 26.7 Å². The molecule has 1 amide bonds. The lowest BCUT2D eigenvalue weighted by Gasteiger charge is -2.38. The third kappa shape index (κ3) is 2.71. The first-order chi connectivity index (χ1) is 9.96. The summed E-state index contributed by atoms with van der Waals surface area (Å²) in [6.07, 6.45) is 2.22. The summed E-state index contributed by atoms with van der Waals surface area (Å²) < 4.78 is 0. The summed E-state index contributed by atoms with van der Waals surface area (Å²) in [6, 6.07) is 9.36. The zero-order valence-electron chi connectivity index (χ0n) is 12.6. The fraction of sp³-hybridized carbons (Fsp3) is 0.412. The molecule has 0 bridgehead atoms. The van der Waals surface area contributed by atoms with E-state index >= 15 is 0 Å². The van der Waals surface area contributed by atoms with E-state index in [1.165, 1.54) is 0 Å². The number of fused-ring (bicyclic) bond motifs is 1. The van der Waals surface area contributed by atoms with Crippen LogP contribution < -0.4 is 5.73 Å². The number of anilines is 1. The predicted molar refractivity (Wildman–Crippen MR) is 85.1 cm³/mol. The molecule has 1 aliphatic heterocycles. The minimum atomic E-state index is 0.0630. The van der Waals surface area contributed by atoms with E-state index in [1.54, 1.807) is 6.07 Å². The number of rotatable bonds is 1. The highest BCUT2D eigenvalue weighted by Crippen LogP contribution is 2.30. The number of amides is 1. The summed E-state index contributed by atoms with van der Waals surface area (Å²) in [4.78, 5) is 19.1. The smallest absolute Gasteiger partial charge is 0.254 e. The molecule has 2 heterocycles. The number of aromatic nitrogens is 1. The summed E-state index contributed by atoms with van der Waals surface area (Å²) in [5.74, 6) is 0.460. The number of nitrogen functional groups attached to an aromatic ring is 1. The largest absolute Gasteiger partial charge is 0.384 e. The zero-order chi connectivity index (χ0) is 15.0. The summed E-state index contributed by atoms with van der Waals surface area (Å²) >= 11 is 0. The van der Waals surface area contributed by atoms with Crippen molar-refractivity contribution in [1.82, 2.24) is 9.88 Å². The first-order valence-corrected chi connectivity index (χ1v) is 7.41. The van der Waals surface area contributed by atoms with Crippen molar-refractivity contribution in [2.24, 2.45) is 5.41 Å². The highest BCUT2D eigenvalue weighted by molar-refractivity contribution is 6.06. The van der Waals surface area contributed by atoms with Gasteiger partial charge in [0.1, 0.15) is 5.82 Å². The molecule has 1 saturated heterocycles. The SMILES string of the molecule is CC1(C)CCCN(C(=O)c2cc(N)nc3ccccc23)C1. The van der Waals surface area contributed by atoms with E-state index in [0.29, 0.717) is 11.4 Å². The fourth-order valence-corrected chi connectivity index (χ4v) is 3.14. The van der Waals surface area contributed by atoms with Crippen LogP contribution in [0.1, 0.15) is 37.0 Å². The van der Waals surface area contributed by atoms with Gasteiger partial charge in [0.25, 0.3) is 5.91 Å². The van der Waals surface area contributed by atoms with Gasteiger partial charge in [0.15, 0.2) is 0 Å². The van der Waals surface area contributed by atoms with Gasteiger partial charge in [-0.25, -0.2) is 4.98 Å². The van der Waals surface area contributed by atoms with Gasteiger partial charge in [-0.3, -0.25) is 4.79 Å². The molecular weight excluding hydrogens is 262 g/mol. The monoisotopic (exact) mass is 283 g/mol. The Bertz CT molecular complexity index is 693. The van der Waals surface area contributed by atoms with Crippen molar-refractivity contribution >= 4 is 22.6 Å². The van der Waals surface area contributed by atoms with Crippen molar-refractivity contribution < 1.29 is 4.79 Å². The molecule has 0 spiro atoms.